The lowest BCUT2D eigenvalue weighted by molar-refractivity contribution is -0.147. The lowest BCUT2D eigenvalue weighted by Gasteiger charge is -2.33. The largest absolute Gasteiger partial charge is 0.480 e. The zero-order valence-electron chi connectivity index (χ0n) is 14.0. The number of anilines is 1. The SMILES string of the molecule is CC1CCCCN1C(=O)c1ccc(NC(=O)C2(C(=O)O)CC2)cc1Cl. The highest BCUT2D eigenvalue weighted by molar-refractivity contribution is 6.34. The monoisotopic (exact) mass is 364 g/mol. The summed E-state index contributed by atoms with van der Waals surface area (Å²) in [6.45, 7) is 2.75. The van der Waals surface area contributed by atoms with E-state index in [1.807, 2.05) is 11.8 Å². The van der Waals surface area contributed by atoms with Gasteiger partial charge in [0.25, 0.3) is 5.91 Å². The Labute approximate surface area is 151 Å². The van der Waals surface area contributed by atoms with E-state index in [1.54, 1.807) is 12.1 Å². The summed E-state index contributed by atoms with van der Waals surface area (Å²) in [5, 5.41) is 12.0. The summed E-state index contributed by atoms with van der Waals surface area (Å²) >= 11 is 6.25. The first kappa shape index (κ1) is 17.7. The van der Waals surface area contributed by atoms with Crippen LogP contribution in [0.2, 0.25) is 5.02 Å². The molecule has 1 heterocycles. The van der Waals surface area contributed by atoms with E-state index in [1.165, 1.54) is 6.07 Å². The van der Waals surface area contributed by atoms with Gasteiger partial charge in [0.1, 0.15) is 5.41 Å². The molecule has 1 aromatic rings. The number of carbonyl (C=O) groups is 3. The van der Waals surface area contributed by atoms with Crippen molar-refractivity contribution in [2.75, 3.05) is 11.9 Å². The van der Waals surface area contributed by atoms with Crippen molar-refractivity contribution in [3.8, 4) is 0 Å². The van der Waals surface area contributed by atoms with Crippen LogP contribution in [0.15, 0.2) is 18.2 Å². The second-order valence-corrected chi connectivity index (χ2v) is 7.29. The molecule has 3 rings (SSSR count). The summed E-state index contributed by atoms with van der Waals surface area (Å²) in [5.41, 5.74) is -0.525. The highest BCUT2D eigenvalue weighted by Crippen LogP contribution is 2.46. The average molecular weight is 365 g/mol. The molecule has 7 heteroatoms. The van der Waals surface area contributed by atoms with Gasteiger partial charge in [-0.15, -0.1) is 0 Å². The van der Waals surface area contributed by atoms with Crippen LogP contribution in [0.1, 0.15) is 49.4 Å². The van der Waals surface area contributed by atoms with Gasteiger partial charge in [0.2, 0.25) is 5.91 Å². The molecule has 0 radical (unpaired) electrons. The number of piperidine rings is 1. The van der Waals surface area contributed by atoms with Gasteiger partial charge in [-0.25, -0.2) is 0 Å². The predicted molar refractivity (Wildman–Crippen MR) is 93.7 cm³/mol. The summed E-state index contributed by atoms with van der Waals surface area (Å²) in [6.07, 6.45) is 3.76. The molecule has 1 atom stereocenters. The van der Waals surface area contributed by atoms with E-state index >= 15 is 0 Å². The van der Waals surface area contributed by atoms with E-state index in [0.29, 0.717) is 24.1 Å². The molecule has 1 aliphatic carbocycles. The van der Waals surface area contributed by atoms with E-state index < -0.39 is 17.3 Å². The Balaban J connectivity index is 1.74. The van der Waals surface area contributed by atoms with Gasteiger partial charge in [-0.1, -0.05) is 11.6 Å². The van der Waals surface area contributed by atoms with Crippen molar-refractivity contribution in [2.24, 2.45) is 5.41 Å². The molecule has 1 unspecified atom stereocenters. The lowest BCUT2D eigenvalue weighted by atomic mass is 10.0. The Kier molecular flexibility index (Phi) is 4.73. The third-order valence-corrected chi connectivity index (χ3v) is 5.43. The van der Waals surface area contributed by atoms with Crippen molar-refractivity contribution in [3.05, 3.63) is 28.8 Å². The van der Waals surface area contributed by atoms with Crippen molar-refractivity contribution < 1.29 is 19.5 Å². The number of likely N-dealkylation sites (tertiary alicyclic amines) is 1. The van der Waals surface area contributed by atoms with Gasteiger partial charge in [0.05, 0.1) is 10.6 Å². The Morgan fingerprint density at radius 1 is 1.28 bits per heavy atom. The first-order chi connectivity index (χ1) is 11.8. The summed E-state index contributed by atoms with van der Waals surface area (Å²) in [4.78, 5) is 37.9. The highest BCUT2D eigenvalue weighted by atomic mass is 35.5. The summed E-state index contributed by atoms with van der Waals surface area (Å²) in [6, 6.07) is 4.85. The van der Waals surface area contributed by atoms with Crippen LogP contribution in [-0.2, 0) is 9.59 Å². The quantitative estimate of drug-likeness (QED) is 0.803. The third-order valence-electron chi connectivity index (χ3n) is 5.12. The van der Waals surface area contributed by atoms with Crippen molar-refractivity contribution in [1.82, 2.24) is 4.90 Å². The van der Waals surface area contributed by atoms with Crippen LogP contribution in [0.5, 0.6) is 0 Å². The molecule has 2 aliphatic rings. The first-order valence-corrected chi connectivity index (χ1v) is 8.88. The van der Waals surface area contributed by atoms with Gasteiger partial charge in [-0.05, 0) is 57.2 Å². The number of halogens is 1. The first-order valence-electron chi connectivity index (χ1n) is 8.50. The number of nitrogens with one attached hydrogen (secondary N) is 1. The minimum absolute atomic E-state index is 0.112. The predicted octanol–water partition coefficient (Wildman–Crippen LogP) is 3.16. The Morgan fingerprint density at radius 3 is 2.56 bits per heavy atom. The number of nitrogens with zero attached hydrogens (tertiary/aromatic N) is 1. The number of carboxylic acids is 1. The number of rotatable bonds is 4. The second kappa shape index (κ2) is 6.67. The van der Waals surface area contributed by atoms with E-state index in [4.69, 9.17) is 16.7 Å². The van der Waals surface area contributed by atoms with E-state index in [9.17, 15) is 14.4 Å². The molecule has 2 N–H and O–H groups in total. The fraction of sp³-hybridized carbons (Fsp3) is 0.500. The zero-order valence-corrected chi connectivity index (χ0v) is 14.8. The van der Waals surface area contributed by atoms with Gasteiger partial charge in [-0.2, -0.15) is 0 Å². The average Bonchev–Trinajstić information content (AvgIpc) is 3.37. The van der Waals surface area contributed by atoms with Crippen molar-refractivity contribution in [2.45, 2.75) is 45.1 Å². The third kappa shape index (κ3) is 3.35. The zero-order chi connectivity index (χ0) is 18.2. The molecule has 1 saturated heterocycles. The molecule has 0 spiro atoms. The smallest absolute Gasteiger partial charge is 0.319 e. The maximum Gasteiger partial charge on any atom is 0.319 e. The number of hydrogen-bond acceptors (Lipinski definition) is 3. The Bertz CT molecular complexity index is 730. The molecular weight excluding hydrogens is 344 g/mol. The van der Waals surface area contributed by atoms with Crippen LogP contribution in [0.4, 0.5) is 5.69 Å². The van der Waals surface area contributed by atoms with Gasteiger partial charge in [0.15, 0.2) is 0 Å². The second-order valence-electron chi connectivity index (χ2n) is 6.88. The molecule has 2 amide bonds. The molecule has 1 saturated carbocycles. The van der Waals surface area contributed by atoms with E-state index in [-0.39, 0.29) is 17.0 Å². The maximum absolute atomic E-state index is 12.7. The maximum atomic E-state index is 12.7. The van der Waals surface area contributed by atoms with Crippen LogP contribution < -0.4 is 5.32 Å². The summed E-state index contributed by atoms with van der Waals surface area (Å²) in [7, 11) is 0. The fourth-order valence-electron chi connectivity index (χ4n) is 3.23. The number of benzene rings is 1. The number of hydrogen-bond donors (Lipinski definition) is 2. The Hall–Kier alpha value is -2.08. The molecule has 2 fully saturated rings. The van der Waals surface area contributed by atoms with Crippen LogP contribution in [0.25, 0.3) is 0 Å². The van der Waals surface area contributed by atoms with E-state index in [0.717, 1.165) is 25.8 Å². The molecule has 25 heavy (non-hydrogen) atoms. The number of carboxylic acid groups (broad SMARTS) is 1. The molecular formula is C18H21ClN2O4. The number of aliphatic carboxylic acids is 1. The van der Waals surface area contributed by atoms with Crippen LogP contribution in [-0.4, -0.2) is 40.4 Å². The standard InChI is InChI=1S/C18H21ClN2O4/c1-11-4-2-3-9-21(11)15(22)13-6-5-12(10-14(13)19)20-16(23)18(7-8-18)17(24)25/h5-6,10-11H,2-4,7-9H2,1H3,(H,20,23)(H,24,25). The topological polar surface area (TPSA) is 86.7 Å². The summed E-state index contributed by atoms with van der Waals surface area (Å²) in [5.74, 6) is -1.76. The minimum atomic E-state index is -1.32. The highest BCUT2D eigenvalue weighted by Gasteiger charge is 2.57. The molecule has 1 aliphatic heterocycles. The lowest BCUT2D eigenvalue weighted by Crippen LogP contribution is -2.42. The Morgan fingerprint density at radius 2 is 2.00 bits per heavy atom. The van der Waals surface area contributed by atoms with Crippen molar-refractivity contribution in [3.63, 3.8) is 0 Å². The van der Waals surface area contributed by atoms with Gasteiger partial charge >= 0.3 is 5.97 Å². The molecule has 134 valence electrons. The van der Waals surface area contributed by atoms with Gasteiger partial charge in [0, 0.05) is 18.3 Å². The molecule has 6 nitrogen and oxygen atoms in total. The normalized spacial score (nSPS) is 21.5. The minimum Gasteiger partial charge on any atom is -0.480 e. The van der Waals surface area contributed by atoms with Gasteiger partial charge < -0.3 is 15.3 Å². The van der Waals surface area contributed by atoms with Gasteiger partial charge in [-0.3, -0.25) is 14.4 Å². The van der Waals surface area contributed by atoms with Crippen LogP contribution in [0, 0.1) is 5.41 Å². The molecule has 1 aromatic carbocycles. The van der Waals surface area contributed by atoms with Crippen molar-refractivity contribution >= 4 is 35.1 Å². The molecule has 0 bridgehead atoms. The number of amides is 2. The van der Waals surface area contributed by atoms with Crippen molar-refractivity contribution in [1.29, 1.82) is 0 Å². The van der Waals surface area contributed by atoms with Crippen LogP contribution >= 0.6 is 11.6 Å². The fourth-order valence-corrected chi connectivity index (χ4v) is 3.50. The molecule has 0 aromatic heterocycles. The number of carbonyl (C=O) groups excluding carboxylic acids is 2. The van der Waals surface area contributed by atoms with E-state index in [2.05, 4.69) is 5.32 Å². The summed E-state index contributed by atoms with van der Waals surface area (Å²) < 4.78 is 0. The van der Waals surface area contributed by atoms with Crippen LogP contribution in [0.3, 0.4) is 0 Å².